The highest BCUT2D eigenvalue weighted by atomic mass is 35.5. The lowest BCUT2D eigenvalue weighted by Gasteiger charge is -2.10. The number of nitrogens with one attached hydrogen (secondary N) is 1. The van der Waals surface area contributed by atoms with E-state index >= 15 is 0 Å². The largest absolute Gasteiger partial charge is 0.495 e. The first-order valence-electron chi connectivity index (χ1n) is 5.39. The van der Waals surface area contributed by atoms with E-state index in [2.05, 4.69) is 10.2 Å². The van der Waals surface area contributed by atoms with Gasteiger partial charge in [-0.3, -0.25) is 4.79 Å². The first-order chi connectivity index (χ1) is 9.52. The number of rotatable bonds is 5. The van der Waals surface area contributed by atoms with Crippen molar-refractivity contribution in [2.24, 2.45) is 0 Å². The molecule has 7 nitrogen and oxygen atoms in total. The second-order valence-electron chi connectivity index (χ2n) is 3.65. The molecular weight excluding hydrogens is 306 g/mol. The smallest absolute Gasteiger partial charge is 0.348 e. The number of carboxylic acids is 1. The standard InChI is InChI=1S/C11H10ClN3O4S/c1-19-8-3-2-6(12)4-7(8)15-10(18)13-14-11(15)20-5-9(16)17/h2-4H,5H2,1H3,(H,13,18)(H,16,17). The number of aliphatic carboxylic acids is 1. The molecule has 0 saturated heterocycles. The lowest BCUT2D eigenvalue weighted by molar-refractivity contribution is -0.133. The number of aromatic amines is 1. The van der Waals surface area contributed by atoms with E-state index in [1.165, 1.54) is 11.7 Å². The van der Waals surface area contributed by atoms with E-state index in [1.54, 1.807) is 18.2 Å². The molecule has 1 aromatic carbocycles. The SMILES string of the molecule is COc1ccc(Cl)cc1-n1c(SCC(=O)O)n[nH]c1=O. The molecule has 0 bridgehead atoms. The number of thioether (sulfide) groups is 1. The molecular formula is C11H10ClN3O4S. The van der Waals surface area contributed by atoms with Crippen molar-refractivity contribution in [2.45, 2.75) is 5.16 Å². The lowest BCUT2D eigenvalue weighted by Crippen LogP contribution is -2.16. The molecule has 0 amide bonds. The van der Waals surface area contributed by atoms with Crippen molar-refractivity contribution in [1.29, 1.82) is 0 Å². The van der Waals surface area contributed by atoms with Crippen LogP contribution in [0.4, 0.5) is 0 Å². The number of carbonyl (C=O) groups is 1. The molecule has 2 aromatic rings. The summed E-state index contributed by atoms with van der Waals surface area (Å²) in [6.07, 6.45) is 0. The van der Waals surface area contributed by atoms with Gasteiger partial charge in [-0.15, -0.1) is 5.10 Å². The average Bonchev–Trinajstić information content (AvgIpc) is 2.77. The van der Waals surface area contributed by atoms with Crippen molar-refractivity contribution in [3.05, 3.63) is 33.7 Å². The minimum Gasteiger partial charge on any atom is -0.495 e. The Balaban J connectivity index is 2.52. The Labute approximate surface area is 122 Å². The van der Waals surface area contributed by atoms with Gasteiger partial charge in [-0.05, 0) is 18.2 Å². The van der Waals surface area contributed by atoms with Crippen LogP contribution in [0.5, 0.6) is 5.75 Å². The maximum Gasteiger partial charge on any atom is 0.348 e. The van der Waals surface area contributed by atoms with Crippen LogP contribution in [-0.2, 0) is 4.79 Å². The Hall–Kier alpha value is -1.93. The van der Waals surface area contributed by atoms with Gasteiger partial charge in [-0.1, -0.05) is 23.4 Å². The van der Waals surface area contributed by atoms with Gasteiger partial charge in [0.15, 0.2) is 5.16 Å². The summed E-state index contributed by atoms with van der Waals surface area (Å²) in [5, 5.41) is 15.4. The predicted molar refractivity (Wildman–Crippen MR) is 74.1 cm³/mol. The third-order valence-corrected chi connectivity index (χ3v) is 3.51. The summed E-state index contributed by atoms with van der Waals surface area (Å²) in [5.74, 6) is -0.794. The highest BCUT2D eigenvalue weighted by Crippen LogP contribution is 2.28. The van der Waals surface area contributed by atoms with Crippen molar-refractivity contribution >= 4 is 29.3 Å². The summed E-state index contributed by atoms with van der Waals surface area (Å²) in [6, 6.07) is 4.78. The minimum absolute atomic E-state index is 0.215. The van der Waals surface area contributed by atoms with E-state index in [0.717, 1.165) is 11.8 Å². The first kappa shape index (κ1) is 14.5. The van der Waals surface area contributed by atoms with Crippen molar-refractivity contribution in [2.75, 3.05) is 12.9 Å². The molecule has 9 heteroatoms. The van der Waals surface area contributed by atoms with Crippen LogP contribution < -0.4 is 10.4 Å². The van der Waals surface area contributed by atoms with Gasteiger partial charge in [-0.25, -0.2) is 14.5 Å². The number of hydrogen-bond acceptors (Lipinski definition) is 5. The van der Waals surface area contributed by atoms with Crippen molar-refractivity contribution in [3.8, 4) is 11.4 Å². The molecule has 20 heavy (non-hydrogen) atoms. The summed E-state index contributed by atoms with van der Waals surface area (Å²) in [5.41, 5.74) is -0.106. The normalized spacial score (nSPS) is 10.5. The minimum atomic E-state index is -1.00. The molecule has 0 aliphatic carbocycles. The van der Waals surface area contributed by atoms with Gasteiger partial charge in [0.2, 0.25) is 0 Å². The number of halogens is 1. The van der Waals surface area contributed by atoms with Crippen molar-refractivity contribution < 1.29 is 14.6 Å². The predicted octanol–water partition coefficient (Wildman–Crippen LogP) is 1.40. The molecule has 106 valence electrons. The zero-order valence-electron chi connectivity index (χ0n) is 10.3. The Morgan fingerprint density at radius 2 is 2.35 bits per heavy atom. The fourth-order valence-corrected chi connectivity index (χ4v) is 2.40. The molecule has 0 unspecified atom stereocenters. The molecule has 0 aliphatic heterocycles. The fourth-order valence-electron chi connectivity index (χ4n) is 1.56. The van der Waals surface area contributed by atoms with Crippen LogP contribution in [0.2, 0.25) is 5.02 Å². The summed E-state index contributed by atoms with van der Waals surface area (Å²) in [7, 11) is 1.46. The number of ether oxygens (including phenoxy) is 1. The highest BCUT2D eigenvalue weighted by molar-refractivity contribution is 7.99. The maximum absolute atomic E-state index is 11.9. The van der Waals surface area contributed by atoms with Gasteiger partial charge in [0.25, 0.3) is 0 Å². The monoisotopic (exact) mass is 315 g/mol. The number of benzene rings is 1. The van der Waals surface area contributed by atoms with Crippen LogP contribution in [0.15, 0.2) is 28.2 Å². The van der Waals surface area contributed by atoms with Gasteiger partial charge in [0.05, 0.1) is 18.6 Å². The Kier molecular flexibility index (Phi) is 4.35. The van der Waals surface area contributed by atoms with Gasteiger partial charge in [0.1, 0.15) is 5.75 Å². The van der Waals surface area contributed by atoms with Crippen LogP contribution in [0.1, 0.15) is 0 Å². The van der Waals surface area contributed by atoms with Crippen molar-refractivity contribution in [3.63, 3.8) is 0 Å². The molecule has 2 rings (SSSR count). The summed E-state index contributed by atoms with van der Waals surface area (Å²) < 4.78 is 6.39. The Morgan fingerprint density at radius 3 is 3.00 bits per heavy atom. The number of nitrogens with zero attached hydrogens (tertiary/aromatic N) is 2. The first-order valence-corrected chi connectivity index (χ1v) is 6.75. The third-order valence-electron chi connectivity index (χ3n) is 2.35. The lowest BCUT2D eigenvalue weighted by atomic mass is 10.3. The number of aromatic nitrogens is 3. The van der Waals surface area contributed by atoms with Crippen molar-refractivity contribution in [1.82, 2.24) is 14.8 Å². The van der Waals surface area contributed by atoms with Gasteiger partial charge in [0, 0.05) is 5.02 Å². The second-order valence-corrected chi connectivity index (χ2v) is 5.02. The van der Waals surface area contributed by atoms with E-state index in [4.69, 9.17) is 21.4 Å². The van der Waals surface area contributed by atoms with E-state index in [9.17, 15) is 9.59 Å². The third kappa shape index (κ3) is 2.97. The molecule has 0 aliphatic rings. The van der Waals surface area contributed by atoms with Gasteiger partial charge >= 0.3 is 11.7 Å². The summed E-state index contributed by atoms with van der Waals surface area (Å²) in [6.45, 7) is 0. The molecule has 0 saturated carbocycles. The molecule has 0 radical (unpaired) electrons. The van der Waals surface area contributed by atoms with Gasteiger partial charge in [-0.2, -0.15) is 0 Å². The topological polar surface area (TPSA) is 97.2 Å². The Morgan fingerprint density at radius 1 is 1.60 bits per heavy atom. The highest BCUT2D eigenvalue weighted by Gasteiger charge is 2.16. The summed E-state index contributed by atoms with van der Waals surface area (Å²) >= 11 is 6.84. The molecule has 2 N–H and O–H groups in total. The molecule has 1 aromatic heterocycles. The Bertz CT molecular complexity index is 697. The zero-order valence-corrected chi connectivity index (χ0v) is 11.9. The van der Waals surface area contributed by atoms with Crippen LogP contribution in [0, 0.1) is 0 Å². The van der Waals surface area contributed by atoms with E-state index < -0.39 is 11.7 Å². The quantitative estimate of drug-likeness (QED) is 0.809. The molecule has 1 heterocycles. The molecule has 0 spiro atoms. The second kappa shape index (κ2) is 6.02. The zero-order chi connectivity index (χ0) is 14.7. The van der Waals surface area contributed by atoms with Crippen LogP contribution in [-0.4, -0.2) is 38.7 Å². The summed E-state index contributed by atoms with van der Waals surface area (Å²) in [4.78, 5) is 22.5. The number of methoxy groups -OCH3 is 1. The van der Waals surface area contributed by atoms with Crippen LogP contribution in [0.25, 0.3) is 5.69 Å². The molecule has 0 atom stereocenters. The average molecular weight is 316 g/mol. The van der Waals surface area contributed by atoms with Gasteiger partial charge < -0.3 is 9.84 Å². The van der Waals surface area contributed by atoms with E-state index in [0.29, 0.717) is 16.5 Å². The van der Waals surface area contributed by atoms with E-state index in [-0.39, 0.29) is 10.9 Å². The molecule has 0 fully saturated rings. The van der Waals surface area contributed by atoms with Crippen LogP contribution >= 0.6 is 23.4 Å². The van der Waals surface area contributed by atoms with Crippen LogP contribution in [0.3, 0.4) is 0 Å². The van der Waals surface area contributed by atoms with E-state index in [1.807, 2.05) is 0 Å². The number of carboxylic acid groups (broad SMARTS) is 1. The fraction of sp³-hybridized carbons (Fsp3) is 0.182. The number of hydrogen-bond donors (Lipinski definition) is 2. The number of H-pyrrole nitrogens is 1. The maximum atomic E-state index is 11.9.